The van der Waals surface area contributed by atoms with Crippen LogP contribution in [0.4, 0.5) is 0 Å². The Kier molecular flexibility index (Phi) is 16.3. The van der Waals surface area contributed by atoms with E-state index in [1.165, 1.54) is 77.0 Å². The van der Waals surface area contributed by atoms with Gasteiger partial charge in [-0.1, -0.05) is 111 Å². The van der Waals surface area contributed by atoms with E-state index in [0.29, 0.717) is 0 Å². The maximum Gasteiger partial charge on any atom is 0.307 e. The van der Waals surface area contributed by atoms with Crippen LogP contribution in [-0.4, -0.2) is 11.1 Å². The average Bonchev–Trinajstić information content (AvgIpc) is 2.64. The number of rotatable bonds is 19. The van der Waals surface area contributed by atoms with Gasteiger partial charge in [-0.05, 0) is 31.1 Å². The fourth-order valence-corrected chi connectivity index (χ4v) is 4.57. The van der Waals surface area contributed by atoms with Gasteiger partial charge in [-0.2, -0.15) is 0 Å². The molecule has 0 saturated heterocycles. The van der Waals surface area contributed by atoms with Crippen molar-refractivity contribution in [2.45, 2.75) is 137 Å². The molecule has 0 radical (unpaired) electrons. The Morgan fingerprint density at radius 2 is 1.12 bits per heavy atom. The molecule has 26 heavy (non-hydrogen) atoms. The molecule has 0 aliphatic carbocycles. The summed E-state index contributed by atoms with van der Waals surface area (Å²) in [5, 5.41) is 9.92. The normalized spacial score (nSPS) is 13.1. The van der Waals surface area contributed by atoms with Gasteiger partial charge in [0.25, 0.3) is 0 Å². The molecule has 0 saturated carbocycles. The van der Waals surface area contributed by atoms with E-state index in [-0.39, 0.29) is 11.3 Å². The maximum atomic E-state index is 12.0. The van der Waals surface area contributed by atoms with Gasteiger partial charge in [-0.15, -0.1) is 0 Å². The van der Waals surface area contributed by atoms with Crippen molar-refractivity contribution in [1.82, 2.24) is 0 Å². The molecule has 1 atom stereocenters. The van der Waals surface area contributed by atoms with Gasteiger partial charge in [0, 0.05) is 0 Å². The van der Waals surface area contributed by atoms with Crippen LogP contribution >= 0.6 is 0 Å². The van der Waals surface area contributed by atoms with Crippen LogP contribution in [0, 0.1) is 11.3 Å². The van der Waals surface area contributed by atoms with E-state index in [0.717, 1.165) is 32.1 Å². The Balaban J connectivity index is 4.71. The highest BCUT2D eigenvalue weighted by atomic mass is 16.4. The minimum Gasteiger partial charge on any atom is -0.481 e. The van der Waals surface area contributed by atoms with Crippen LogP contribution in [0.25, 0.3) is 0 Å². The van der Waals surface area contributed by atoms with Gasteiger partial charge < -0.3 is 5.11 Å². The highest BCUT2D eigenvalue weighted by molar-refractivity contribution is 5.71. The van der Waals surface area contributed by atoms with Crippen LogP contribution in [0.2, 0.25) is 0 Å². The fourth-order valence-electron chi connectivity index (χ4n) is 4.57. The third-order valence-corrected chi connectivity index (χ3v) is 6.38. The van der Waals surface area contributed by atoms with E-state index in [9.17, 15) is 9.90 Å². The molecule has 0 heterocycles. The van der Waals surface area contributed by atoms with Crippen molar-refractivity contribution in [3.8, 4) is 0 Å². The second-order valence-electron chi connectivity index (χ2n) is 8.43. The summed E-state index contributed by atoms with van der Waals surface area (Å²) in [4.78, 5) is 12.0. The first-order valence-corrected chi connectivity index (χ1v) is 11.8. The van der Waals surface area contributed by atoms with E-state index in [1.54, 1.807) is 0 Å². The Labute approximate surface area is 164 Å². The first-order chi connectivity index (χ1) is 12.6. The van der Waals surface area contributed by atoms with Gasteiger partial charge in [0.05, 0.1) is 5.92 Å². The lowest BCUT2D eigenvalue weighted by Gasteiger charge is -2.39. The summed E-state index contributed by atoms with van der Waals surface area (Å²) in [5.41, 5.74) is 0.0252. The molecule has 0 spiro atoms. The van der Waals surface area contributed by atoms with Crippen molar-refractivity contribution in [3.63, 3.8) is 0 Å². The van der Waals surface area contributed by atoms with Crippen molar-refractivity contribution in [3.05, 3.63) is 0 Å². The second-order valence-corrected chi connectivity index (χ2v) is 8.43. The first-order valence-electron chi connectivity index (χ1n) is 11.8. The SMILES string of the molecule is CCCCCCCCC(CC)(CCCCCCCC)C(CCC)C(=O)O. The molecular weight excluding hydrogens is 320 g/mol. The topological polar surface area (TPSA) is 37.3 Å². The summed E-state index contributed by atoms with van der Waals surface area (Å²) in [7, 11) is 0. The molecule has 0 aliphatic rings. The lowest BCUT2D eigenvalue weighted by Crippen LogP contribution is -2.36. The summed E-state index contributed by atoms with van der Waals surface area (Å²) >= 11 is 0. The molecule has 0 amide bonds. The van der Waals surface area contributed by atoms with Gasteiger partial charge in [-0.3, -0.25) is 4.79 Å². The molecular formula is C24H48O2. The van der Waals surface area contributed by atoms with Crippen molar-refractivity contribution in [2.75, 3.05) is 0 Å². The summed E-state index contributed by atoms with van der Waals surface area (Å²) < 4.78 is 0. The zero-order valence-corrected chi connectivity index (χ0v) is 18.5. The van der Waals surface area contributed by atoms with Crippen LogP contribution in [0.15, 0.2) is 0 Å². The Morgan fingerprint density at radius 3 is 1.46 bits per heavy atom. The largest absolute Gasteiger partial charge is 0.481 e. The van der Waals surface area contributed by atoms with Crippen LogP contribution in [0.1, 0.15) is 137 Å². The van der Waals surface area contributed by atoms with E-state index < -0.39 is 5.97 Å². The Bertz CT molecular complexity index is 308. The monoisotopic (exact) mass is 368 g/mol. The zero-order chi connectivity index (χ0) is 19.7. The smallest absolute Gasteiger partial charge is 0.307 e. The van der Waals surface area contributed by atoms with Crippen LogP contribution in [0.3, 0.4) is 0 Å². The van der Waals surface area contributed by atoms with Crippen LogP contribution in [-0.2, 0) is 4.79 Å². The van der Waals surface area contributed by atoms with E-state index >= 15 is 0 Å². The molecule has 0 aromatic rings. The predicted molar refractivity (Wildman–Crippen MR) is 115 cm³/mol. The quantitative estimate of drug-likeness (QED) is 0.232. The molecule has 0 bridgehead atoms. The lowest BCUT2D eigenvalue weighted by atomic mass is 9.65. The fraction of sp³-hybridized carbons (Fsp3) is 0.958. The molecule has 0 aliphatic heterocycles. The summed E-state index contributed by atoms with van der Waals surface area (Å²) in [6.45, 7) is 8.88. The molecule has 2 heteroatoms. The Hall–Kier alpha value is -0.530. The minimum atomic E-state index is -0.550. The van der Waals surface area contributed by atoms with Gasteiger partial charge in [0.15, 0.2) is 0 Å². The Morgan fingerprint density at radius 1 is 0.692 bits per heavy atom. The number of hydrogen-bond acceptors (Lipinski definition) is 1. The highest BCUT2D eigenvalue weighted by Gasteiger charge is 2.39. The summed E-state index contributed by atoms with van der Waals surface area (Å²) in [6.07, 6.45) is 20.6. The molecule has 156 valence electrons. The number of unbranched alkanes of at least 4 members (excludes halogenated alkanes) is 10. The van der Waals surface area contributed by atoms with Crippen molar-refractivity contribution < 1.29 is 9.90 Å². The standard InChI is InChI=1S/C24H48O2/c1-5-9-11-13-15-17-20-24(8-4,22(19-7-3)23(25)26)21-18-16-14-12-10-6-2/h22H,5-21H2,1-4H3,(H,25,26). The van der Waals surface area contributed by atoms with Crippen molar-refractivity contribution in [1.29, 1.82) is 0 Å². The molecule has 0 fully saturated rings. The predicted octanol–water partition coefficient (Wildman–Crippen LogP) is 8.38. The average molecular weight is 369 g/mol. The third kappa shape index (κ3) is 10.6. The maximum absolute atomic E-state index is 12.0. The zero-order valence-electron chi connectivity index (χ0n) is 18.5. The molecule has 0 aromatic carbocycles. The van der Waals surface area contributed by atoms with Crippen LogP contribution < -0.4 is 0 Å². The van der Waals surface area contributed by atoms with Gasteiger partial charge in [-0.25, -0.2) is 0 Å². The summed E-state index contributed by atoms with van der Waals surface area (Å²) in [6, 6.07) is 0. The highest BCUT2D eigenvalue weighted by Crippen LogP contribution is 2.44. The summed E-state index contributed by atoms with van der Waals surface area (Å²) in [5.74, 6) is -0.700. The van der Waals surface area contributed by atoms with E-state index in [4.69, 9.17) is 0 Å². The number of carboxylic acid groups (broad SMARTS) is 1. The third-order valence-electron chi connectivity index (χ3n) is 6.38. The minimum absolute atomic E-state index is 0.0252. The molecule has 0 rings (SSSR count). The molecule has 2 nitrogen and oxygen atoms in total. The number of hydrogen-bond donors (Lipinski definition) is 1. The van der Waals surface area contributed by atoms with E-state index in [1.807, 2.05) is 0 Å². The first kappa shape index (κ1) is 25.5. The molecule has 0 aromatic heterocycles. The van der Waals surface area contributed by atoms with Gasteiger partial charge >= 0.3 is 5.97 Å². The lowest BCUT2D eigenvalue weighted by molar-refractivity contribution is -0.148. The number of carbonyl (C=O) groups is 1. The van der Waals surface area contributed by atoms with E-state index in [2.05, 4.69) is 27.7 Å². The van der Waals surface area contributed by atoms with Crippen LogP contribution in [0.5, 0.6) is 0 Å². The number of carboxylic acids is 1. The van der Waals surface area contributed by atoms with Crippen molar-refractivity contribution in [2.24, 2.45) is 11.3 Å². The molecule has 1 N–H and O–H groups in total. The number of aliphatic carboxylic acids is 1. The van der Waals surface area contributed by atoms with Gasteiger partial charge in [0.2, 0.25) is 0 Å². The second kappa shape index (κ2) is 16.6. The van der Waals surface area contributed by atoms with Crippen molar-refractivity contribution >= 4 is 5.97 Å². The molecule has 1 unspecified atom stereocenters. The van der Waals surface area contributed by atoms with Gasteiger partial charge in [0.1, 0.15) is 0 Å².